The van der Waals surface area contributed by atoms with Crippen molar-refractivity contribution in [2.24, 2.45) is 0 Å². The van der Waals surface area contributed by atoms with Crippen LogP contribution in [0.15, 0.2) is 24.5 Å². The van der Waals surface area contributed by atoms with Gasteiger partial charge < -0.3 is 0 Å². The lowest BCUT2D eigenvalue weighted by molar-refractivity contribution is 1.13. The lowest BCUT2D eigenvalue weighted by Gasteiger charge is -1.92. The number of aromatic nitrogens is 1. The molecule has 0 saturated heterocycles. The third-order valence-electron chi connectivity index (χ3n) is 1.11. The fourth-order valence-electron chi connectivity index (χ4n) is 0.655. The molecule has 3 heteroatoms. The van der Waals surface area contributed by atoms with Crippen molar-refractivity contribution >= 4 is 46.6 Å². The van der Waals surface area contributed by atoms with Crippen LogP contribution in [0.4, 0.5) is 0 Å². The van der Waals surface area contributed by atoms with E-state index >= 15 is 0 Å². The molecule has 0 radical (unpaired) electrons. The quantitative estimate of drug-likeness (QED) is 0.583. The van der Waals surface area contributed by atoms with Crippen LogP contribution in [0.3, 0.4) is 0 Å². The molecule has 0 unspecified atom stereocenters. The van der Waals surface area contributed by atoms with Crippen molar-refractivity contribution in [1.82, 2.24) is 4.98 Å². The fraction of sp³-hybridized carbons (Fsp3) is 0.286. The van der Waals surface area contributed by atoms with E-state index in [4.69, 9.17) is 0 Å². The summed E-state index contributed by atoms with van der Waals surface area (Å²) in [6.07, 6.45) is 4.85. The molecule has 0 fully saturated rings. The Bertz CT molecular complexity index is 165. The minimum Gasteiger partial charge on any atom is -0.264 e. The van der Waals surface area contributed by atoms with Crippen LogP contribution in [-0.4, -0.2) is 9.41 Å². The maximum Gasteiger partial charge on any atom is 0.0300 e. The molecule has 10 heavy (non-hydrogen) atoms. The molecule has 0 aromatic carbocycles. The lowest BCUT2D eigenvalue weighted by atomic mass is 10.2. The topological polar surface area (TPSA) is 12.9 Å². The Balaban J connectivity index is 0.000000810. The highest BCUT2D eigenvalue weighted by atomic mass is 127. The van der Waals surface area contributed by atoms with Gasteiger partial charge in [0.2, 0.25) is 0 Å². The highest BCUT2D eigenvalue weighted by Gasteiger charge is 1.86. The van der Waals surface area contributed by atoms with Gasteiger partial charge in [0.1, 0.15) is 0 Å². The molecule has 1 rings (SSSR count). The summed E-state index contributed by atoms with van der Waals surface area (Å²) < 4.78 is 1.17. The second-order valence-corrected chi connectivity index (χ2v) is 2.88. The van der Waals surface area contributed by atoms with Crippen LogP contribution in [0.2, 0.25) is 0 Å². The monoisotopic (exact) mass is 361 g/mol. The largest absolute Gasteiger partial charge is 0.264 e. The Morgan fingerprint density at radius 3 is 2.80 bits per heavy atom. The summed E-state index contributed by atoms with van der Waals surface area (Å²) in [5, 5.41) is 0. The summed E-state index contributed by atoms with van der Waals surface area (Å²) in [4.78, 5) is 4.00. The predicted octanol–water partition coefficient (Wildman–Crippen LogP) is 2.68. The number of rotatable bonds is 2. The average Bonchev–Trinajstić information content (AvgIpc) is 1.91. The molecule has 0 bridgehead atoms. The van der Waals surface area contributed by atoms with E-state index in [9.17, 15) is 0 Å². The summed E-state index contributed by atoms with van der Waals surface area (Å²) in [5.74, 6) is 0. The Labute approximate surface area is 91.8 Å². The van der Waals surface area contributed by atoms with E-state index in [1.807, 2.05) is 12.3 Å². The van der Waals surface area contributed by atoms with Crippen molar-refractivity contribution in [3.63, 3.8) is 0 Å². The number of nitrogens with zero attached hydrogens (tertiary/aromatic N) is 1. The smallest absolute Gasteiger partial charge is 0.0300 e. The normalized spacial score (nSPS) is 8.50. The first-order valence-corrected chi connectivity index (χ1v) is 4.41. The van der Waals surface area contributed by atoms with Crippen molar-refractivity contribution in [2.45, 2.75) is 6.42 Å². The zero-order valence-electron chi connectivity index (χ0n) is 5.46. The molecular formula is C7H9I2N. The van der Waals surface area contributed by atoms with Gasteiger partial charge >= 0.3 is 0 Å². The van der Waals surface area contributed by atoms with Gasteiger partial charge in [-0.3, -0.25) is 4.98 Å². The SMILES string of the molecule is I.ICCc1cccnc1. The molecule has 0 saturated carbocycles. The number of aryl methyl sites for hydroxylation is 1. The van der Waals surface area contributed by atoms with Gasteiger partial charge in [-0.2, -0.15) is 0 Å². The molecule has 0 N–H and O–H groups in total. The summed E-state index contributed by atoms with van der Waals surface area (Å²) in [5.41, 5.74) is 1.33. The summed E-state index contributed by atoms with van der Waals surface area (Å²) in [7, 11) is 0. The maximum atomic E-state index is 4.00. The zero-order valence-corrected chi connectivity index (χ0v) is 9.94. The molecule has 0 atom stereocenters. The molecule has 0 aliphatic rings. The molecule has 0 spiro atoms. The van der Waals surface area contributed by atoms with Crippen molar-refractivity contribution in [3.8, 4) is 0 Å². The van der Waals surface area contributed by atoms with Crippen LogP contribution in [0.1, 0.15) is 5.56 Å². The predicted molar refractivity (Wildman–Crippen MR) is 62.2 cm³/mol. The van der Waals surface area contributed by atoms with Crippen molar-refractivity contribution < 1.29 is 0 Å². The van der Waals surface area contributed by atoms with Crippen LogP contribution < -0.4 is 0 Å². The van der Waals surface area contributed by atoms with E-state index in [0.717, 1.165) is 6.42 Å². The van der Waals surface area contributed by atoms with E-state index in [1.165, 1.54) is 9.99 Å². The molecule has 1 aromatic heterocycles. The number of hydrogen-bond donors (Lipinski definition) is 0. The average molecular weight is 361 g/mol. The first-order chi connectivity index (χ1) is 4.43. The number of alkyl halides is 1. The zero-order chi connectivity index (χ0) is 6.53. The number of halogens is 2. The van der Waals surface area contributed by atoms with Gasteiger partial charge in [0.25, 0.3) is 0 Å². The lowest BCUT2D eigenvalue weighted by Crippen LogP contribution is -1.84. The van der Waals surface area contributed by atoms with Gasteiger partial charge in [0, 0.05) is 16.8 Å². The van der Waals surface area contributed by atoms with Crippen molar-refractivity contribution in [2.75, 3.05) is 4.43 Å². The van der Waals surface area contributed by atoms with E-state index in [2.05, 4.69) is 33.6 Å². The van der Waals surface area contributed by atoms with Crippen molar-refractivity contribution in [1.29, 1.82) is 0 Å². The van der Waals surface area contributed by atoms with E-state index in [1.54, 1.807) is 6.20 Å². The molecule has 56 valence electrons. The molecule has 0 aliphatic heterocycles. The van der Waals surface area contributed by atoms with Crippen LogP contribution >= 0.6 is 46.6 Å². The van der Waals surface area contributed by atoms with Gasteiger partial charge in [-0.05, 0) is 18.1 Å². The van der Waals surface area contributed by atoms with Gasteiger partial charge in [0.15, 0.2) is 0 Å². The molecule has 0 amide bonds. The van der Waals surface area contributed by atoms with Crippen LogP contribution in [0.25, 0.3) is 0 Å². The number of pyridine rings is 1. The van der Waals surface area contributed by atoms with Crippen molar-refractivity contribution in [3.05, 3.63) is 30.1 Å². The van der Waals surface area contributed by atoms with E-state index < -0.39 is 0 Å². The second kappa shape index (κ2) is 6.33. The molecule has 0 aliphatic carbocycles. The van der Waals surface area contributed by atoms with Gasteiger partial charge in [0.05, 0.1) is 0 Å². The minimum absolute atomic E-state index is 0. The minimum atomic E-state index is 0. The summed E-state index contributed by atoms with van der Waals surface area (Å²) in [6, 6.07) is 4.08. The fourth-order valence-corrected chi connectivity index (χ4v) is 1.28. The van der Waals surface area contributed by atoms with Crippen LogP contribution in [0.5, 0.6) is 0 Å². The first kappa shape index (κ1) is 10.6. The summed E-state index contributed by atoms with van der Waals surface area (Å²) >= 11 is 2.36. The first-order valence-electron chi connectivity index (χ1n) is 2.88. The van der Waals surface area contributed by atoms with Crippen LogP contribution in [0, 0.1) is 0 Å². The Morgan fingerprint density at radius 2 is 2.30 bits per heavy atom. The Morgan fingerprint density at radius 1 is 1.50 bits per heavy atom. The molecule has 1 aromatic rings. The number of hydrogen-bond acceptors (Lipinski definition) is 1. The van der Waals surface area contributed by atoms with E-state index in [-0.39, 0.29) is 24.0 Å². The van der Waals surface area contributed by atoms with Gasteiger partial charge in [-0.25, -0.2) is 0 Å². The molecule has 1 nitrogen and oxygen atoms in total. The van der Waals surface area contributed by atoms with Gasteiger partial charge in [-0.15, -0.1) is 24.0 Å². The maximum absolute atomic E-state index is 4.00. The standard InChI is InChI=1S/C7H8IN.HI/c8-4-3-7-2-1-5-9-6-7;/h1-2,5-6H,3-4H2;1H. The third-order valence-corrected chi connectivity index (χ3v) is 1.65. The molecule has 1 heterocycles. The molecular weight excluding hydrogens is 352 g/mol. The third kappa shape index (κ3) is 3.70. The Kier molecular flexibility index (Phi) is 6.71. The van der Waals surface area contributed by atoms with Gasteiger partial charge in [-0.1, -0.05) is 28.7 Å². The summed E-state index contributed by atoms with van der Waals surface area (Å²) in [6.45, 7) is 0. The second-order valence-electron chi connectivity index (χ2n) is 1.80. The highest BCUT2D eigenvalue weighted by molar-refractivity contribution is 14.1. The highest BCUT2D eigenvalue weighted by Crippen LogP contribution is 1.98. The Hall–Kier alpha value is 0.610. The van der Waals surface area contributed by atoms with Crippen LogP contribution in [-0.2, 0) is 6.42 Å². The van der Waals surface area contributed by atoms with E-state index in [0.29, 0.717) is 0 Å².